The number of rotatable bonds is 11. The number of nitrogens with one attached hydrogen (secondary N) is 2. The predicted molar refractivity (Wildman–Crippen MR) is 220 cm³/mol. The summed E-state index contributed by atoms with van der Waals surface area (Å²) in [5, 5.41) is 11.3. The highest BCUT2D eigenvalue weighted by atomic mass is 35.5. The van der Waals surface area contributed by atoms with Crippen molar-refractivity contribution in [2.45, 2.75) is 77.4 Å². The van der Waals surface area contributed by atoms with Gasteiger partial charge in [-0.15, -0.1) is 0 Å². The van der Waals surface area contributed by atoms with E-state index in [1.165, 1.54) is 24.6 Å². The molecule has 0 saturated heterocycles. The lowest BCUT2D eigenvalue weighted by Gasteiger charge is -2.24. The Morgan fingerprint density at radius 3 is 2.34 bits per heavy atom. The third-order valence-corrected chi connectivity index (χ3v) is 11.9. The Labute approximate surface area is 357 Å². The molecule has 6 aromatic rings. The number of fused-ring (bicyclic) bond motifs is 2. The second-order valence-corrected chi connectivity index (χ2v) is 18.0. The Balaban J connectivity index is 1.42. The highest BCUT2D eigenvalue weighted by Crippen LogP contribution is 2.54. The molecular formula is C42H40ClF6N9O3S. The van der Waals surface area contributed by atoms with Gasteiger partial charge in [0.25, 0.3) is 12.3 Å². The Morgan fingerprint density at radius 2 is 1.71 bits per heavy atom. The fraction of sp³-hybridized carbons (Fsp3) is 0.357. The molecule has 0 spiro atoms. The Bertz CT molecular complexity index is 2910. The monoisotopic (exact) mass is 899 g/mol. The third kappa shape index (κ3) is 8.37. The van der Waals surface area contributed by atoms with Gasteiger partial charge >= 0.3 is 0 Å². The second-order valence-electron chi connectivity index (χ2n) is 15.9. The molecule has 12 nitrogen and oxygen atoms in total. The third-order valence-electron chi connectivity index (χ3n) is 11.0. The van der Waals surface area contributed by atoms with Crippen LogP contribution in [-0.2, 0) is 46.3 Å². The van der Waals surface area contributed by atoms with E-state index in [1.54, 1.807) is 37.6 Å². The fourth-order valence-electron chi connectivity index (χ4n) is 8.03. The molecule has 0 radical (unpaired) electrons. The highest BCUT2D eigenvalue weighted by molar-refractivity contribution is 7.92. The fourth-order valence-corrected chi connectivity index (χ4v) is 8.77. The average molecular weight is 900 g/mol. The van der Waals surface area contributed by atoms with Gasteiger partial charge in [0.15, 0.2) is 5.82 Å². The number of anilines is 1. The minimum Gasteiger partial charge on any atom is -0.346 e. The topological polar surface area (TPSA) is 142 Å². The molecule has 0 aliphatic heterocycles. The lowest BCUT2D eigenvalue weighted by atomic mass is 9.93. The van der Waals surface area contributed by atoms with Crippen molar-refractivity contribution in [3.8, 4) is 23.0 Å². The van der Waals surface area contributed by atoms with E-state index in [4.69, 9.17) is 16.6 Å². The van der Waals surface area contributed by atoms with E-state index in [2.05, 4.69) is 37.1 Å². The second kappa shape index (κ2) is 16.1. The van der Waals surface area contributed by atoms with Crippen molar-refractivity contribution < 1.29 is 39.6 Å². The largest absolute Gasteiger partial charge is 0.346 e. The number of carbonyl (C=O) groups excluding carboxylic acids is 1. The maximum Gasteiger partial charge on any atom is 0.292 e. The molecule has 1 aliphatic rings. The predicted octanol–water partition coefficient (Wildman–Crippen LogP) is 8.31. The summed E-state index contributed by atoms with van der Waals surface area (Å²) in [6.45, 7) is 7.23. The van der Waals surface area contributed by atoms with Crippen molar-refractivity contribution in [1.29, 1.82) is 0 Å². The molecule has 4 aromatic heterocycles. The molecule has 62 heavy (non-hydrogen) atoms. The van der Waals surface area contributed by atoms with Gasteiger partial charge in [-0.25, -0.2) is 35.9 Å². The molecule has 7 rings (SSSR count). The molecule has 0 saturated carbocycles. The number of hydrogen-bond acceptors (Lipinski definition) is 7. The molecular weight excluding hydrogens is 860 g/mol. The van der Waals surface area contributed by atoms with Crippen molar-refractivity contribution in [2.24, 2.45) is 13.0 Å². The molecule has 20 heteroatoms. The SMILES string of the molecule is Cc1nccn1C(C)(C)C#Cc1ccc(-c2ccc(Cl)c3c(NS(C)(=O)=O)nn(C)c23)c([C@H](Cc2cc(F)cc(F)c2)NC(=O)Cn2nc(C(F)F)c3c2C(F)(F)[C@H](C)[C@@H]3C)n1. The molecule has 326 valence electrons. The number of alkyl halides is 4. The summed E-state index contributed by atoms with van der Waals surface area (Å²) in [5.41, 5.74) is -1.47. The minimum absolute atomic E-state index is 0.0596. The van der Waals surface area contributed by atoms with Crippen molar-refractivity contribution in [3.63, 3.8) is 0 Å². The number of sulfonamides is 1. The van der Waals surface area contributed by atoms with Crippen LogP contribution < -0.4 is 10.0 Å². The van der Waals surface area contributed by atoms with Crippen LogP contribution in [0, 0.1) is 36.3 Å². The number of aromatic nitrogens is 7. The summed E-state index contributed by atoms with van der Waals surface area (Å²) < 4.78 is 120. The first kappa shape index (κ1) is 44.2. The Morgan fingerprint density at radius 1 is 1.03 bits per heavy atom. The molecule has 1 amide bonds. The van der Waals surface area contributed by atoms with E-state index in [1.807, 2.05) is 25.3 Å². The quantitative estimate of drug-likeness (QED) is 0.0985. The maximum absolute atomic E-state index is 15.7. The number of hydrogen-bond donors (Lipinski definition) is 2. The van der Waals surface area contributed by atoms with Gasteiger partial charge in [-0.05, 0) is 74.9 Å². The number of benzene rings is 2. The van der Waals surface area contributed by atoms with Crippen LogP contribution in [0.5, 0.6) is 0 Å². The minimum atomic E-state index is -3.84. The standard InChI is InChI=1S/C42H40ClF6N9O3S/c1-21-22(2)42(48,49)38-33(21)36(39(46)47)53-58(38)20-32(59)52-31(18-24-16-25(44)19-26(45)17-24)35-28(9-8-27(51-35)12-13-41(4,5)57-15-14-50-23(57)3)29-10-11-30(43)34-37(29)56(6)54-40(34)55-62(7,60)61/h8-11,14-17,19,21-22,31,39H,18,20H2,1-7H3,(H,52,59)(H,54,55)/t21-,22+,31-/m0/s1. The summed E-state index contributed by atoms with van der Waals surface area (Å²) in [4.78, 5) is 23.3. The number of nitrogens with zero attached hydrogens (tertiary/aromatic N) is 7. The van der Waals surface area contributed by atoms with E-state index in [-0.39, 0.29) is 45.2 Å². The zero-order chi connectivity index (χ0) is 45.2. The van der Waals surface area contributed by atoms with Crippen LogP contribution in [0.4, 0.5) is 32.2 Å². The van der Waals surface area contributed by atoms with Crippen LogP contribution in [0.25, 0.3) is 22.0 Å². The average Bonchev–Trinajstić information content (AvgIpc) is 3.91. The molecule has 0 unspecified atom stereocenters. The Kier molecular flexibility index (Phi) is 11.5. The van der Waals surface area contributed by atoms with E-state index >= 15 is 8.78 Å². The summed E-state index contributed by atoms with van der Waals surface area (Å²) in [6.07, 6.45) is 0.798. The van der Waals surface area contributed by atoms with Crippen LogP contribution in [0.3, 0.4) is 0 Å². The van der Waals surface area contributed by atoms with Crippen molar-refractivity contribution >= 4 is 44.3 Å². The zero-order valence-electron chi connectivity index (χ0n) is 34.3. The van der Waals surface area contributed by atoms with Gasteiger partial charge in [0.05, 0.1) is 33.9 Å². The first-order valence-electron chi connectivity index (χ1n) is 19.2. The van der Waals surface area contributed by atoms with Crippen LogP contribution in [0.1, 0.15) is 85.8 Å². The molecule has 2 aromatic carbocycles. The van der Waals surface area contributed by atoms with Crippen LogP contribution in [-0.4, -0.2) is 54.7 Å². The van der Waals surface area contributed by atoms with Gasteiger partial charge < -0.3 is 9.88 Å². The maximum atomic E-state index is 15.7. The van der Waals surface area contributed by atoms with Gasteiger partial charge in [0, 0.05) is 48.1 Å². The normalized spacial score (nSPS) is 16.6. The number of carbonyl (C=O) groups is 1. The highest BCUT2D eigenvalue weighted by Gasteiger charge is 2.55. The molecule has 0 bridgehead atoms. The van der Waals surface area contributed by atoms with E-state index in [0.29, 0.717) is 33.2 Å². The van der Waals surface area contributed by atoms with Gasteiger partial charge in [0.1, 0.15) is 46.6 Å². The number of amides is 1. The van der Waals surface area contributed by atoms with Crippen LogP contribution in [0.15, 0.2) is 54.9 Å². The van der Waals surface area contributed by atoms with E-state index in [9.17, 15) is 30.8 Å². The lowest BCUT2D eigenvalue weighted by Crippen LogP contribution is -2.35. The molecule has 0 fully saturated rings. The van der Waals surface area contributed by atoms with Gasteiger partial charge in [-0.2, -0.15) is 19.0 Å². The van der Waals surface area contributed by atoms with E-state index < -0.39 is 81.3 Å². The molecule has 2 N–H and O–H groups in total. The van der Waals surface area contributed by atoms with Gasteiger partial charge in [-0.1, -0.05) is 37.4 Å². The first-order valence-corrected chi connectivity index (χ1v) is 21.4. The summed E-state index contributed by atoms with van der Waals surface area (Å²) in [7, 11) is -2.29. The smallest absolute Gasteiger partial charge is 0.292 e. The van der Waals surface area contributed by atoms with Gasteiger partial charge in [-0.3, -0.25) is 18.9 Å². The van der Waals surface area contributed by atoms with Crippen LogP contribution in [0.2, 0.25) is 5.02 Å². The lowest BCUT2D eigenvalue weighted by molar-refractivity contribution is -0.123. The summed E-state index contributed by atoms with van der Waals surface area (Å²) in [6, 6.07) is 7.78. The van der Waals surface area contributed by atoms with Crippen molar-refractivity contribution in [2.75, 3.05) is 11.0 Å². The van der Waals surface area contributed by atoms with E-state index in [0.717, 1.165) is 18.4 Å². The van der Waals surface area contributed by atoms with Crippen molar-refractivity contribution in [1.82, 2.24) is 39.4 Å². The zero-order valence-corrected chi connectivity index (χ0v) is 35.9. The first-order chi connectivity index (χ1) is 29.0. The number of pyridine rings is 1. The van der Waals surface area contributed by atoms with Gasteiger partial charge in [0.2, 0.25) is 15.9 Å². The summed E-state index contributed by atoms with van der Waals surface area (Å²) >= 11 is 6.65. The summed E-state index contributed by atoms with van der Waals surface area (Å²) in [5.74, 6) is -1.92. The molecule has 4 heterocycles. The van der Waals surface area contributed by atoms with Crippen molar-refractivity contribution in [3.05, 3.63) is 111 Å². The number of aryl methyl sites for hydroxylation is 2. The Hall–Kier alpha value is -5.87. The molecule has 3 atom stereocenters. The van der Waals surface area contributed by atoms with Crippen LogP contribution >= 0.6 is 11.6 Å². The molecule has 1 aliphatic carbocycles. The number of halogens is 7. The number of imidazole rings is 1.